The van der Waals surface area contributed by atoms with E-state index >= 15 is 0 Å². The highest BCUT2D eigenvalue weighted by Gasteiger charge is 2.28. The van der Waals surface area contributed by atoms with Crippen LogP contribution < -0.4 is 15.0 Å². The van der Waals surface area contributed by atoms with E-state index in [4.69, 9.17) is 9.15 Å². The first kappa shape index (κ1) is 18.0. The van der Waals surface area contributed by atoms with E-state index in [-0.39, 0.29) is 11.8 Å². The number of nitrogens with one attached hydrogen (secondary N) is 1. The van der Waals surface area contributed by atoms with Crippen molar-refractivity contribution in [2.75, 3.05) is 31.1 Å². The average molecular weight is 391 g/mol. The summed E-state index contributed by atoms with van der Waals surface area (Å²) in [5, 5.41) is 3.15. The molecule has 29 heavy (non-hydrogen) atoms. The fourth-order valence-electron chi connectivity index (χ4n) is 4.24. The van der Waals surface area contributed by atoms with Crippen LogP contribution in [0.15, 0.2) is 52.9 Å². The molecule has 1 aromatic heterocycles. The molecule has 1 saturated heterocycles. The Hall–Kier alpha value is -3.02. The number of benzene rings is 2. The van der Waals surface area contributed by atoms with Crippen molar-refractivity contribution in [1.82, 2.24) is 10.3 Å². The highest BCUT2D eigenvalue weighted by molar-refractivity contribution is 5.79. The maximum Gasteiger partial charge on any atom is 0.298 e. The van der Waals surface area contributed by atoms with Gasteiger partial charge in [-0.2, -0.15) is 4.98 Å². The van der Waals surface area contributed by atoms with E-state index in [0.717, 1.165) is 49.2 Å². The van der Waals surface area contributed by atoms with E-state index in [1.54, 1.807) is 0 Å². The number of oxazole rings is 1. The monoisotopic (exact) mass is 391 g/mol. The quantitative estimate of drug-likeness (QED) is 0.738. The van der Waals surface area contributed by atoms with Gasteiger partial charge in [0.1, 0.15) is 11.3 Å². The summed E-state index contributed by atoms with van der Waals surface area (Å²) >= 11 is 0. The van der Waals surface area contributed by atoms with E-state index in [9.17, 15) is 4.79 Å². The normalized spacial score (nSPS) is 19.6. The smallest absolute Gasteiger partial charge is 0.298 e. The first-order valence-corrected chi connectivity index (χ1v) is 10.4. The Balaban J connectivity index is 1.12. The lowest BCUT2D eigenvalue weighted by atomic mass is 9.94. The van der Waals surface area contributed by atoms with Crippen molar-refractivity contribution in [3.8, 4) is 5.75 Å². The van der Waals surface area contributed by atoms with Gasteiger partial charge < -0.3 is 19.4 Å². The highest BCUT2D eigenvalue weighted by atomic mass is 16.5. The van der Waals surface area contributed by atoms with Crippen molar-refractivity contribution in [3.63, 3.8) is 0 Å². The van der Waals surface area contributed by atoms with Crippen LogP contribution in [0.2, 0.25) is 0 Å². The summed E-state index contributed by atoms with van der Waals surface area (Å²) in [6.07, 6.45) is 2.58. The van der Waals surface area contributed by atoms with Gasteiger partial charge in [0.15, 0.2) is 5.58 Å². The number of aromatic nitrogens is 1. The predicted molar refractivity (Wildman–Crippen MR) is 111 cm³/mol. The number of nitrogens with zero attached hydrogens (tertiary/aromatic N) is 2. The molecule has 0 aliphatic carbocycles. The number of amides is 1. The van der Waals surface area contributed by atoms with Gasteiger partial charge in [0, 0.05) is 31.5 Å². The third kappa shape index (κ3) is 3.79. The Morgan fingerprint density at radius 3 is 2.76 bits per heavy atom. The zero-order chi connectivity index (χ0) is 19.6. The van der Waals surface area contributed by atoms with E-state index in [1.807, 2.05) is 42.5 Å². The zero-order valence-corrected chi connectivity index (χ0v) is 16.3. The maximum absolute atomic E-state index is 12.7. The molecule has 0 spiro atoms. The molecule has 0 saturated carbocycles. The number of ether oxygens (including phenoxy) is 1. The number of para-hydroxylation sites is 3. The highest BCUT2D eigenvalue weighted by Crippen LogP contribution is 2.28. The molecule has 5 rings (SSSR count). The van der Waals surface area contributed by atoms with Gasteiger partial charge in [0.2, 0.25) is 5.91 Å². The fourth-order valence-corrected chi connectivity index (χ4v) is 4.24. The van der Waals surface area contributed by atoms with Gasteiger partial charge in [-0.1, -0.05) is 30.3 Å². The van der Waals surface area contributed by atoms with Crippen molar-refractivity contribution >= 4 is 23.0 Å². The van der Waals surface area contributed by atoms with E-state index in [0.29, 0.717) is 25.1 Å². The van der Waals surface area contributed by atoms with Crippen molar-refractivity contribution < 1.29 is 13.9 Å². The number of rotatable bonds is 4. The number of carbonyl (C=O) groups excluding carboxylic acids is 1. The van der Waals surface area contributed by atoms with E-state index in [1.165, 1.54) is 5.56 Å². The lowest BCUT2D eigenvalue weighted by Gasteiger charge is -2.31. The van der Waals surface area contributed by atoms with Crippen LogP contribution in [0.3, 0.4) is 0 Å². The van der Waals surface area contributed by atoms with Crippen LogP contribution in [0.1, 0.15) is 18.4 Å². The van der Waals surface area contributed by atoms with Crippen LogP contribution in [-0.4, -0.2) is 37.1 Å². The third-order valence-electron chi connectivity index (χ3n) is 5.94. The lowest BCUT2D eigenvalue weighted by Crippen LogP contribution is -2.43. The molecule has 1 atom stereocenters. The molecule has 2 aliphatic heterocycles. The summed E-state index contributed by atoms with van der Waals surface area (Å²) in [6, 6.07) is 16.6. The van der Waals surface area contributed by atoms with Crippen LogP contribution >= 0.6 is 0 Å². The number of hydrogen-bond acceptors (Lipinski definition) is 5. The minimum absolute atomic E-state index is 0.0485. The summed E-state index contributed by atoms with van der Waals surface area (Å²) in [4.78, 5) is 19.4. The largest absolute Gasteiger partial charge is 0.493 e. The molecule has 6 heteroatoms. The van der Waals surface area contributed by atoms with Gasteiger partial charge in [-0.25, -0.2) is 0 Å². The molecular weight excluding hydrogens is 366 g/mol. The van der Waals surface area contributed by atoms with E-state index in [2.05, 4.69) is 21.3 Å². The van der Waals surface area contributed by atoms with Crippen molar-refractivity contribution in [3.05, 3.63) is 54.1 Å². The second-order valence-electron chi connectivity index (χ2n) is 7.96. The SMILES string of the molecule is O=C(NCC1COc2ccccc2C1)C1CCN(c2nc3ccccc3o2)CC1. The van der Waals surface area contributed by atoms with Crippen molar-refractivity contribution in [2.45, 2.75) is 19.3 Å². The minimum Gasteiger partial charge on any atom is -0.493 e. The number of carbonyl (C=O) groups is 1. The first-order valence-electron chi connectivity index (χ1n) is 10.4. The topological polar surface area (TPSA) is 67.6 Å². The molecule has 1 fully saturated rings. The molecular formula is C23H25N3O3. The van der Waals surface area contributed by atoms with Crippen LogP contribution in [0.5, 0.6) is 5.75 Å². The van der Waals surface area contributed by atoms with Gasteiger partial charge >= 0.3 is 0 Å². The standard InChI is InChI=1S/C23H25N3O3/c27-22(24-14-16-13-18-5-1-3-7-20(18)28-15-16)17-9-11-26(12-10-17)23-25-19-6-2-4-8-21(19)29-23/h1-8,16-17H,9-15H2,(H,24,27). The molecule has 150 valence electrons. The van der Waals surface area contributed by atoms with Gasteiger partial charge in [-0.15, -0.1) is 0 Å². The Morgan fingerprint density at radius 1 is 1.10 bits per heavy atom. The zero-order valence-electron chi connectivity index (χ0n) is 16.3. The number of hydrogen-bond donors (Lipinski definition) is 1. The first-order chi connectivity index (χ1) is 14.3. The molecule has 2 aliphatic rings. The molecule has 6 nitrogen and oxygen atoms in total. The second kappa shape index (κ2) is 7.78. The molecule has 1 N–H and O–H groups in total. The Labute approximate surface area is 169 Å². The van der Waals surface area contributed by atoms with E-state index < -0.39 is 0 Å². The van der Waals surface area contributed by atoms with Gasteiger partial charge in [0.25, 0.3) is 6.01 Å². The molecule has 0 bridgehead atoms. The average Bonchev–Trinajstić information content (AvgIpc) is 3.22. The van der Waals surface area contributed by atoms with Crippen molar-refractivity contribution in [2.24, 2.45) is 11.8 Å². The molecule has 0 radical (unpaired) electrons. The number of anilines is 1. The summed E-state index contributed by atoms with van der Waals surface area (Å²) in [6.45, 7) is 2.89. The number of piperidine rings is 1. The van der Waals surface area contributed by atoms with Crippen LogP contribution in [-0.2, 0) is 11.2 Å². The molecule has 2 aromatic carbocycles. The Kier molecular flexibility index (Phi) is 4.84. The van der Waals surface area contributed by atoms with Gasteiger partial charge in [-0.3, -0.25) is 4.79 Å². The molecule has 1 amide bonds. The maximum atomic E-state index is 12.7. The van der Waals surface area contributed by atoms with Crippen molar-refractivity contribution in [1.29, 1.82) is 0 Å². The summed E-state index contributed by atoms with van der Waals surface area (Å²) in [5.74, 6) is 1.50. The summed E-state index contributed by atoms with van der Waals surface area (Å²) in [7, 11) is 0. The summed E-state index contributed by atoms with van der Waals surface area (Å²) in [5.41, 5.74) is 2.90. The minimum atomic E-state index is 0.0485. The summed E-state index contributed by atoms with van der Waals surface area (Å²) < 4.78 is 11.7. The Morgan fingerprint density at radius 2 is 1.90 bits per heavy atom. The fraction of sp³-hybridized carbons (Fsp3) is 0.391. The lowest BCUT2D eigenvalue weighted by molar-refractivity contribution is -0.125. The third-order valence-corrected chi connectivity index (χ3v) is 5.94. The van der Waals surface area contributed by atoms with Crippen LogP contribution in [0, 0.1) is 11.8 Å². The molecule has 3 aromatic rings. The van der Waals surface area contributed by atoms with Gasteiger partial charge in [-0.05, 0) is 43.0 Å². The second-order valence-corrected chi connectivity index (χ2v) is 7.96. The Bertz CT molecular complexity index is 974. The number of fused-ring (bicyclic) bond motifs is 2. The molecule has 1 unspecified atom stereocenters. The molecule has 3 heterocycles. The predicted octanol–water partition coefficient (Wildman–Crippen LogP) is 3.41. The van der Waals surface area contributed by atoms with Gasteiger partial charge in [0.05, 0.1) is 6.61 Å². The van der Waals surface area contributed by atoms with Crippen LogP contribution in [0.4, 0.5) is 6.01 Å². The van der Waals surface area contributed by atoms with Crippen LogP contribution in [0.25, 0.3) is 11.1 Å².